The predicted octanol–water partition coefficient (Wildman–Crippen LogP) is 13.5. The van der Waals surface area contributed by atoms with E-state index in [1.807, 2.05) is 0 Å². The molecule has 0 fully saturated rings. The molecule has 0 bridgehead atoms. The van der Waals surface area contributed by atoms with Crippen molar-refractivity contribution in [2.24, 2.45) is 0 Å². The molecule has 0 radical (unpaired) electrons. The largest absolute Gasteiger partial charge is 0.309 e. The average molecular weight is 629 g/mol. The summed E-state index contributed by atoms with van der Waals surface area (Å²) in [6, 6.07) is 41.6. The third kappa shape index (κ3) is 7.18. The van der Waals surface area contributed by atoms with Crippen LogP contribution < -0.4 is 9.80 Å². The van der Waals surface area contributed by atoms with E-state index in [4.69, 9.17) is 11.6 Å². The van der Waals surface area contributed by atoms with Gasteiger partial charge in [-0.05, 0) is 101 Å². The third-order valence-corrected chi connectivity index (χ3v) is 9.05. The standard InChI is InChI=1S/C43H49ClN2/c1-30-20-24-34(25-21-30)45(35-26-22-31(23-27-35)41(2,3)4)38-18-13-19-39(40(38)44)46(36-16-11-14-32(28-36)42(5,6)7)37-17-12-15-33(29-37)43(8,9)10/h11-29H,1-10H3. The van der Waals surface area contributed by atoms with Crippen LogP contribution in [-0.4, -0.2) is 0 Å². The van der Waals surface area contributed by atoms with Gasteiger partial charge in [-0.25, -0.2) is 0 Å². The highest BCUT2D eigenvalue weighted by atomic mass is 35.5. The maximum Gasteiger partial charge on any atom is 0.0887 e. The molecule has 46 heavy (non-hydrogen) atoms. The number of anilines is 6. The van der Waals surface area contributed by atoms with Gasteiger partial charge in [0.1, 0.15) is 0 Å². The second kappa shape index (κ2) is 12.6. The second-order valence-corrected chi connectivity index (χ2v) is 15.9. The Morgan fingerprint density at radius 1 is 0.413 bits per heavy atom. The van der Waals surface area contributed by atoms with Gasteiger partial charge in [0.05, 0.1) is 16.4 Å². The number of rotatable bonds is 6. The van der Waals surface area contributed by atoms with E-state index >= 15 is 0 Å². The molecule has 0 aliphatic carbocycles. The molecular formula is C43H49ClN2. The fraction of sp³-hybridized carbons (Fsp3) is 0.302. The molecule has 0 N–H and O–H groups in total. The van der Waals surface area contributed by atoms with Crippen LogP contribution in [0.4, 0.5) is 34.1 Å². The molecule has 5 rings (SSSR count). The molecule has 3 heteroatoms. The molecule has 5 aromatic rings. The Morgan fingerprint density at radius 3 is 1.20 bits per heavy atom. The summed E-state index contributed by atoms with van der Waals surface area (Å²) in [6.07, 6.45) is 0. The molecule has 0 aliphatic rings. The van der Waals surface area contributed by atoms with Gasteiger partial charge in [-0.3, -0.25) is 0 Å². The second-order valence-electron chi connectivity index (χ2n) is 15.5. The zero-order chi connectivity index (χ0) is 33.4. The van der Waals surface area contributed by atoms with Crippen LogP contribution >= 0.6 is 11.6 Å². The summed E-state index contributed by atoms with van der Waals surface area (Å²) in [5.74, 6) is 0. The van der Waals surface area contributed by atoms with Crippen molar-refractivity contribution in [2.45, 2.75) is 85.5 Å². The minimum atomic E-state index is 0.00202. The maximum atomic E-state index is 7.61. The van der Waals surface area contributed by atoms with Crippen LogP contribution in [0.15, 0.2) is 115 Å². The van der Waals surface area contributed by atoms with Gasteiger partial charge in [0.2, 0.25) is 0 Å². The van der Waals surface area contributed by atoms with Gasteiger partial charge in [0.15, 0.2) is 0 Å². The zero-order valence-electron chi connectivity index (χ0n) is 29.2. The van der Waals surface area contributed by atoms with Gasteiger partial charge in [0, 0.05) is 22.7 Å². The molecule has 0 amide bonds. The van der Waals surface area contributed by atoms with Gasteiger partial charge in [0.25, 0.3) is 0 Å². The van der Waals surface area contributed by atoms with E-state index in [0.717, 1.165) is 34.1 Å². The Bertz CT molecular complexity index is 1740. The monoisotopic (exact) mass is 628 g/mol. The first kappa shape index (κ1) is 33.4. The first-order chi connectivity index (χ1) is 21.5. The topological polar surface area (TPSA) is 6.48 Å². The maximum absolute atomic E-state index is 7.61. The quantitative estimate of drug-likeness (QED) is 0.184. The smallest absolute Gasteiger partial charge is 0.0887 e. The highest BCUT2D eigenvalue weighted by Crippen LogP contribution is 2.47. The minimum absolute atomic E-state index is 0.00202. The van der Waals surface area contributed by atoms with E-state index in [1.54, 1.807) is 0 Å². The van der Waals surface area contributed by atoms with E-state index < -0.39 is 0 Å². The summed E-state index contributed by atoms with van der Waals surface area (Å²) in [6.45, 7) is 22.4. The SMILES string of the molecule is Cc1ccc(N(c2ccc(C(C)(C)C)cc2)c2cccc(N(c3cccc(C(C)(C)C)c3)c3cccc(C(C)(C)C)c3)c2Cl)cc1. The van der Waals surface area contributed by atoms with Crippen LogP contribution in [0.25, 0.3) is 0 Å². The van der Waals surface area contributed by atoms with E-state index in [0.29, 0.717) is 5.02 Å². The molecule has 0 heterocycles. The van der Waals surface area contributed by atoms with E-state index in [2.05, 4.69) is 194 Å². The fourth-order valence-corrected chi connectivity index (χ4v) is 6.03. The lowest BCUT2D eigenvalue weighted by atomic mass is 9.86. The molecular weight excluding hydrogens is 580 g/mol. The van der Waals surface area contributed by atoms with E-state index in [-0.39, 0.29) is 16.2 Å². The summed E-state index contributed by atoms with van der Waals surface area (Å²) < 4.78 is 0. The number of halogens is 1. The number of nitrogens with zero attached hydrogens (tertiary/aromatic N) is 2. The van der Waals surface area contributed by atoms with E-state index in [9.17, 15) is 0 Å². The normalized spacial score (nSPS) is 12.2. The first-order valence-electron chi connectivity index (χ1n) is 16.3. The summed E-state index contributed by atoms with van der Waals surface area (Å²) in [7, 11) is 0. The highest BCUT2D eigenvalue weighted by Gasteiger charge is 2.25. The van der Waals surface area contributed by atoms with Crippen molar-refractivity contribution in [3.05, 3.63) is 143 Å². The molecule has 0 saturated carbocycles. The average Bonchev–Trinajstić information content (AvgIpc) is 2.99. The van der Waals surface area contributed by atoms with Crippen LogP contribution in [0.5, 0.6) is 0 Å². The Kier molecular flexibility index (Phi) is 9.17. The lowest BCUT2D eigenvalue weighted by Crippen LogP contribution is -2.17. The zero-order valence-corrected chi connectivity index (χ0v) is 30.0. The Hall–Kier alpha value is -4.01. The fourth-order valence-electron chi connectivity index (χ4n) is 5.74. The summed E-state index contributed by atoms with van der Waals surface area (Å²) >= 11 is 7.61. The Balaban J connectivity index is 1.74. The van der Waals surface area contributed by atoms with Crippen LogP contribution in [0.3, 0.4) is 0 Å². The lowest BCUT2D eigenvalue weighted by molar-refractivity contribution is 0.590. The number of hydrogen-bond acceptors (Lipinski definition) is 2. The summed E-state index contributed by atoms with van der Waals surface area (Å²) in [5, 5.41) is 0.685. The van der Waals surface area contributed by atoms with Crippen molar-refractivity contribution in [3.63, 3.8) is 0 Å². The van der Waals surface area contributed by atoms with Gasteiger partial charge in [-0.2, -0.15) is 0 Å². The van der Waals surface area contributed by atoms with Crippen molar-refractivity contribution in [3.8, 4) is 0 Å². The molecule has 2 nitrogen and oxygen atoms in total. The van der Waals surface area contributed by atoms with Crippen LogP contribution in [0.2, 0.25) is 5.02 Å². The Morgan fingerprint density at radius 2 is 0.783 bits per heavy atom. The predicted molar refractivity (Wildman–Crippen MR) is 202 cm³/mol. The van der Waals surface area contributed by atoms with Crippen molar-refractivity contribution < 1.29 is 0 Å². The van der Waals surface area contributed by atoms with Crippen LogP contribution in [0, 0.1) is 6.92 Å². The Labute approximate surface area is 282 Å². The molecule has 0 unspecified atom stereocenters. The first-order valence-corrected chi connectivity index (χ1v) is 16.7. The highest BCUT2D eigenvalue weighted by molar-refractivity contribution is 6.36. The molecule has 0 aliphatic heterocycles. The van der Waals surface area contributed by atoms with Crippen molar-refractivity contribution in [2.75, 3.05) is 9.80 Å². The summed E-state index contributed by atoms with van der Waals surface area (Å²) in [5.41, 5.74) is 11.3. The molecule has 0 spiro atoms. The molecule has 0 aromatic heterocycles. The van der Waals surface area contributed by atoms with Gasteiger partial charge in [-0.15, -0.1) is 0 Å². The van der Waals surface area contributed by atoms with Crippen molar-refractivity contribution in [1.29, 1.82) is 0 Å². The van der Waals surface area contributed by atoms with Gasteiger partial charge < -0.3 is 9.80 Å². The third-order valence-electron chi connectivity index (χ3n) is 8.66. The van der Waals surface area contributed by atoms with Crippen molar-refractivity contribution >= 4 is 45.7 Å². The molecule has 0 saturated heterocycles. The van der Waals surface area contributed by atoms with Crippen molar-refractivity contribution in [1.82, 2.24) is 0 Å². The van der Waals surface area contributed by atoms with Crippen LogP contribution in [-0.2, 0) is 16.2 Å². The minimum Gasteiger partial charge on any atom is -0.309 e. The number of aryl methyl sites for hydroxylation is 1. The molecule has 5 aromatic carbocycles. The molecule has 0 atom stereocenters. The van der Waals surface area contributed by atoms with Crippen LogP contribution in [0.1, 0.15) is 84.6 Å². The van der Waals surface area contributed by atoms with Gasteiger partial charge >= 0.3 is 0 Å². The number of hydrogen-bond donors (Lipinski definition) is 0. The van der Waals surface area contributed by atoms with E-state index in [1.165, 1.54) is 22.3 Å². The lowest BCUT2D eigenvalue weighted by Gasteiger charge is -2.32. The molecule has 238 valence electrons. The van der Waals surface area contributed by atoms with Gasteiger partial charge in [-0.1, -0.05) is 134 Å². The number of benzene rings is 5. The summed E-state index contributed by atoms with van der Waals surface area (Å²) in [4.78, 5) is 4.58.